The molecular formula is C23H26N2O3S. The Balaban J connectivity index is 1.90. The Morgan fingerprint density at radius 1 is 1.17 bits per heavy atom. The van der Waals surface area contributed by atoms with Crippen LogP contribution in [-0.2, 0) is 11.3 Å². The number of Topliss-reactive ketones (excluding diaryl/α,β-unsaturated/α-hetero) is 1. The minimum atomic E-state index is -0.357. The lowest BCUT2D eigenvalue weighted by Gasteiger charge is -2.16. The molecule has 0 spiro atoms. The molecule has 0 aliphatic rings. The van der Waals surface area contributed by atoms with E-state index in [-0.39, 0.29) is 16.6 Å². The molecule has 0 aliphatic heterocycles. The summed E-state index contributed by atoms with van der Waals surface area (Å²) in [6, 6.07) is 14.9. The van der Waals surface area contributed by atoms with Crippen LogP contribution in [0.5, 0.6) is 0 Å². The molecule has 1 aromatic heterocycles. The molecule has 0 saturated heterocycles. The van der Waals surface area contributed by atoms with Gasteiger partial charge < -0.3 is 4.74 Å². The molecule has 0 bridgehead atoms. The largest absolute Gasteiger partial charge is 0.382 e. The van der Waals surface area contributed by atoms with Crippen LogP contribution in [0.4, 0.5) is 0 Å². The van der Waals surface area contributed by atoms with Gasteiger partial charge in [-0.2, -0.15) is 0 Å². The molecule has 1 unspecified atom stereocenters. The van der Waals surface area contributed by atoms with Crippen molar-refractivity contribution in [3.63, 3.8) is 0 Å². The van der Waals surface area contributed by atoms with Gasteiger partial charge in [-0.25, -0.2) is 4.98 Å². The Kier molecular flexibility index (Phi) is 7.23. The van der Waals surface area contributed by atoms with Crippen LogP contribution in [0.1, 0.15) is 36.2 Å². The number of rotatable bonds is 9. The van der Waals surface area contributed by atoms with Crippen LogP contribution >= 0.6 is 11.8 Å². The van der Waals surface area contributed by atoms with Crippen molar-refractivity contribution in [1.82, 2.24) is 9.55 Å². The van der Waals surface area contributed by atoms with Gasteiger partial charge in [0.25, 0.3) is 5.56 Å². The highest BCUT2D eigenvalue weighted by Gasteiger charge is 2.20. The van der Waals surface area contributed by atoms with Crippen LogP contribution in [0.15, 0.2) is 58.5 Å². The molecule has 0 N–H and O–H groups in total. The van der Waals surface area contributed by atoms with Gasteiger partial charge in [0.05, 0.1) is 16.2 Å². The van der Waals surface area contributed by atoms with Gasteiger partial charge in [-0.15, -0.1) is 0 Å². The van der Waals surface area contributed by atoms with Gasteiger partial charge >= 0.3 is 0 Å². The van der Waals surface area contributed by atoms with Crippen molar-refractivity contribution in [2.24, 2.45) is 0 Å². The van der Waals surface area contributed by atoms with Gasteiger partial charge in [-0.3, -0.25) is 14.2 Å². The number of fused-ring (bicyclic) bond motifs is 1. The zero-order valence-electron chi connectivity index (χ0n) is 17.1. The van der Waals surface area contributed by atoms with Crippen molar-refractivity contribution in [1.29, 1.82) is 0 Å². The molecule has 5 nitrogen and oxygen atoms in total. The molecule has 29 heavy (non-hydrogen) atoms. The maximum atomic E-state index is 13.1. The molecule has 1 heterocycles. The van der Waals surface area contributed by atoms with Crippen LogP contribution < -0.4 is 5.56 Å². The Hall–Kier alpha value is -2.44. The maximum Gasteiger partial charge on any atom is 0.262 e. The molecule has 0 radical (unpaired) electrons. The van der Waals surface area contributed by atoms with E-state index < -0.39 is 0 Å². The average molecular weight is 411 g/mol. The van der Waals surface area contributed by atoms with E-state index in [0.29, 0.717) is 47.8 Å². The number of para-hydroxylation sites is 1. The molecule has 1 atom stereocenters. The third-order valence-corrected chi connectivity index (χ3v) is 5.78. The second kappa shape index (κ2) is 9.85. The molecule has 0 aliphatic carbocycles. The first-order valence-corrected chi connectivity index (χ1v) is 10.7. The topological polar surface area (TPSA) is 61.2 Å². The summed E-state index contributed by atoms with van der Waals surface area (Å²) in [5, 5.41) is 0.799. The number of nitrogens with zero attached hydrogens (tertiary/aromatic N) is 2. The highest BCUT2D eigenvalue weighted by atomic mass is 32.2. The smallest absolute Gasteiger partial charge is 0.262 e. The summed E-state index contributed by atoms with van der Waals surface area (Å²) in [7, 11) is 0. The average Bonchev–Trinajstić information content (AvgIpc) is 2.73. The maximum absolute atomic E-state index is 13.1. The number of aryl methyl sites for hydroxylation is 1. The highest BCUT2D eigenvalue weighted by molar-refractivity contribution is 8.00. The number of benzene rings is 2. The number of hydrogen-bond acceptors (Lipinski definition) is 5. The van der Waals surface area contributed by atoms with Crippen LogP contribution in [0, 0.1) is 6.92 Å². The van der Waals surface area contributed by atoms with Crippen LogP contribution in [0.2, 0.25) is 0 Å². The second-order valence-electron chi connectivity index (χ2n) is 6.91. The summed E-state index contributed by atoms with van der Waals surface area (Å²) in [6.45, 7) is 7.53. The molecule has 152 valence electrons. The zero-order chi connectivity index (χ0) is 20.8. The first-order valence-electron chi connectivity index (χ1n) is 9.86. The first kappa shape index (κ1) is 21.3. The summed E-state index contributed by atoms with van der Waals surface area (Å²) in [6.07, 6.45) is 0.710. The minimum absolute atomic E-state index is 0.0262. The molecular weight excluding hydrogens is 384 g/mol. The van der Waals surface area contributed by atoms with E-state index in [1.54, 1.807) is 10.6 Å². The number of carbonyl (C=O) groups is 1. The van der Waals surface area contributed by atoms with Crippen molar-refractivity contribution in [3.8, 4) is 0 Å². The van der Waals surface area contributed by atoms with E-state index in [0.717, 1.165) is 5.56 Å². The van der Waals surface area contributed by atoms with E-state index in [1.807, 2.05) is 63.2 Å². The molecule has 0 amide bonds. The fourth-order valence-corrected chi connectivity index (χ4v) is 4.08. The summed E-state index contributed by atoms with van der Waals surface area (Å²) in [4.78, 5) is 30.6. The molecule has 0 fully saturated rings. The first-order chi connectivity index (χ1) is 14.0. The van der Waals surface area contributed by atoms with E-state index in [1.165, 1.54) is 11.8 Å². The number of thioether (sulfide) groups is 1. The predicted molar refractivity (Wildman–Crippen MR) is 118 cm³/mol. The van der Waals surface area contributed by atoms with Crippen molar-refractivity contribution in [2.45, 2.75) is 44.1 Å². The molecule has 0 saturated carbocycles. The van der Waals surface area contributed by atoms with Gasteiger partial charge in [-0.05, 0) is 39.3 Å². The zero-order valence-corrected chi connectivity index (χ0v) is 17.9. The van der Waals surface area contributed by atoms with Crippen molar-refractivity contribution < 1.29 is 9.53 Å². The monoisotopic (exact) mass is 410 g/mol. The van der Waals surface area contributed by atoms with Crippen LogP contribution in [0.25, 0.3) is 10.9 Å². The van der Waals surface area contributed by atoms with Crippen molar-refractivity contribution >= 4 is 28.4 Å². The van der Waals surface area contributed by atoms with Gasteiger partial charge in [-0.1, -0.05) is 53.7 Å². The molecule has 6 heteroatoms. The Morgan fingerprint density at radius 3 is 2.62 bits per heavy atom. The third-order valence-electron chi connectivity index (χ3n) is 4.69. The Morgan fingerprint density at radius 2 is 1.90 bits per heavy atom. The molecule has 3 rings (SSSR count). The Bertz CT molecular complexity index is 1040. The summed E-state index contributed by atoms with van der Waals surface area (Å²) < 4.78 is 7.08. The van der Waals surface area contributed by atoms with E-state index in [2.05, 4.69) is 0 Å². The lowest BCUT2D eigenvalue weighted by Crippen LogP contribution is -2.25. The van der Waals surface area contributed by atoms with Gasteiger partial charge in [0.15, 0.2) is 10.9 Å². The number of ketones is 1. The lowest BCUT2D eigenvalue weighted by atomic mass is 10.1. The van der Waals surface area contributed by atoms with Gasteiger partial charge in [0.2, 0.25) is 0 Å². The highest BCUT2D eigenvalue weighted by Crippen LogP contribution is 2.25. The van der Waals surface area contributed by atoms with Crippen molar-refractivity contribution in [2.75, 3.05) is 13.2 Å². The van der Waals surface area contributed by atoms with E-state index in [9.17, 15) is 9.59 Å². The van der Waals surface area contributed by atoms with Gasteiger partial charge in [0, 0.05) is 25.3 Å². The second-order valence-corrected chi connectivity index (χ2v) is 8.22. The summed E-state index contributed by atoms with van der Waals surface area (Å²) >= 11 is 1.33. The number of ether oxygens (including phenoxy) is 1. The fraction of sp³-hybridized carbons (Fsp3) is 0.348. The van der Waals surface area contributed by atoms with Gasteiger partial charge in [0.1, 0.15) is 0 Å². The molecule has 2 aromatic carbocycles. The van der Waals surface area contributed by atoms with Crippen LogP contribution in [0.3, 0.4) is 0 Å². The molecule has 3 aromatic rings. The van der Waals surface area contributed by atoms with E-state index in [4.69, 9.17) is 9.72 Å². The van der Waals surface area contributed by atoms with Crippen molar-refractivity contribution in [3.05, 3.63) is 70.0 Å². The normalized spacial score (nSPS) is 12.2. The summed E-state index contributed by atoms with van der Waals surface area (Å²) in [5.74, 6) is 0.0262. The quantitative estimate of drug-likeness (QED) is 0.225. The summed E-state index contributed by atoms with van der Waals surface area (Å²) in [5.41, 5.74) is 2.35. The van der Waals surface area contributed by atoms with Crippen LogP contribution in [-0.4, -0.2) is 33.8 Å². The van der Waals surface area contributed by atoms with E-state index >= 15 is 0 Å². The fourth-order valence-electron chi connectivity index (χ4n) is 3.07. The third kappa shape index (κ3) is 5.14. The number of carbonyl (C=O) groups excluding carboxylic acids is 1. The predicted octanol–water partition coefficient (Wildman–Crippen LogP) is 4.50. The number of hydrogen-bond donors (Lipinski definition) is 0. The lowest BCUT2D eigenvalue weighted by molar-refractivity contribution is 0.0993. The standard InChI is InChI=1S/C23H26N2O3S/c1-4-28-15-7-14-25-22(27)19-8-5-6-9-20(19)24-23(25)29-17(3)21(26)18-12-10-16(2)11-13-18/h5-6,8-13,17H,4,7,14-15H2,1-3H3. The SMILES string of the molecule is CCOCCCn1c(SC(C)C(=O)c2ccc(C)cc2)nc2ccccc2c1=O. The number of aromatic nitrogens is 2. The Labute approximate surface area is 175 Å². The minimum Gasteiger partial charge on any atom is -0.382 e.